The van der Waals surface area contributed by atoms with E-state index in [2.05, 4.69) is 15.8 Å². The van der Waals surface area contributed by atoms with E-state index in [0.29, 0.717) is 33.5 Å². The third-order valence-corrected chi connectivity index (χ3v) is 4.58. The third kappa shape index (κ3) is 3.83. The normalized spacial score (nSPS) is 10.7. The summed E-state index contributed by atoms with van der Waals surface area (Å²) in [6, 6.07) is 17.3. The number of urea groups is 1. The molecule has 1 heterocycles. The number of aromatic nitrogens is 1. The third-order valence-electron chi connectivity index (χ3n) is 4.58. The molecule has 0 radical (unpaired) electrons. The SMILES string of the molecule is NC(=O)c1cccc2onc(-c3ccccc3CNC(=O)Nc3ccc(F)cc3)c12. The second-order valence-electron chi connectivity index (χ2n) is 6.55. The van der Waals surface area contributed by atoms with E-state index in [1.54, 1.807) is 18.2 Å². The minimum Gasteiger partial charge on any atom is -0.366 e. The van der Waals surface area contributed by atoms with Gasteiger partial charge in [-0.1, -0.05) is 35.5 Å². The van der Waals surface area contributed by atoms with Crippen LogP contribution in [0.4, 0.5) is 14.9 Å². The number of fused-ring (bicyclic) bond motifs is 1. The molecule has 30 heavy (non-hydrogen) atoms. The van der Waals surface area contributed by atoms with Gasteiger partial charge in [0.25, 0.3) is 0 Å². The highest BCUT2D eigenvalue weighted by Crippen LogP contribution is 2.32. The fourth-order valence-electron chi connectivity index (χ4n) is 3.17. The zero-order valence-corrected chi connectivity index (χ0v) is 15.7. The summed E-state index contributed by atoms with van der Waals surface area (Å²) < 4.78 is 18.4. The number of nitrogens with one attached hydrogen (secondary N) is 2. The standard InChI is InChI=1S/C22H17FN4O3/c23-14-8-10-15(11-9-14)26-22(29)25-12-13-4-1-2-5-16(13)20-19-17(21(24)28)6-3-7-18(19)30-27-20/h1-11H,12H2,(H2,24,28)(H2,25,26,29). The number of halogens is 1. The van der Waals surface area contributed by atoms with Crippen molar-refractivity contribution in [2.75, 3.05) is 5.32 Å². The van der Waals surface area contributed by atoms with Gasteiger partial charge in [0.15, 0.2) is 5.58 Å². The number of amides is 3. The Bertz CT molecular complexity index is 1230. The molecule has 0 spiro atoms. The van der Waals surface area contributed by atoms with Crippen molar-refractivity contribution in [2.24, 2.45) is 5.73 Å². The number of anilines is 1. The topological polar surface area (TPSA) is 110 Å². The number of nitrogens with zero attached hydrogens (tertiary/aromatic N) is 1. The Kier molecular flexibility index (Phi) is 5.13. The molecule has 150 valence electrons. The van der Waals surface area contributed by atoms with Gasteiger partial charge in [0.05, 0.1) is 10.9 Å². The maximum absolute atomic E-state index is 13.0. The Morgan fingerprint density at radius 1 is 1.00 bits per heavy atom. The molecule has 0 bridgehead atoms. The summed E-state index contributed by atoms with van der Waals surface area (Å²) in [4.78, 5) is 24.1. The fourth-order valence-corrected chi connectivity index (χ4v) is 3.17. The molecule has 0 saturated carbocycles. The van der Waals surface area contributed by atoms with Crippen LogP contribution in [0.1, 0.15) is 15.9 Å². The monoisotopic (exact) mass is 404 g/mol. The Hall–Kier alpha value is -4.20. The molecule has 0 aliphatic rings. The van der Waals surface area contributed by atoms with Crippen LogP contribution in [0, 0.1) is 5.82 Å². The van der Waals surface area contributed by atoms with Gasteiger partial charge in [-0.05, 0) is 42.0 Å². The first-order valence-corrected chi connectivity index (χ1v) is 9.10. The van der Waals surface area contributed by atoms with Crippen molar-refractivity contribution in [1.29, 1.82) is 0 Å². The highest BCUT2D eigenvalue weighted by molar-refractivity contribution is 6.09. The van der Waals surface area contributed by atoms with Gasteiger partial charge >= 0.3 is 6.03 Å². The first-order chi connectivity index (χ1) is 14.5. The number of nitrogens with two attached hydrogens (primary N) is 1. The molecule has 0 unspecified atom stereocenters. The van der Waals surface area contributed by atoms with Gasteiger partial charge in [-0.15, -0.1) is 0 Å². The lowest BCUT2D eigenvalue weighted by atomic mass is 9.99. The molecule has 3 amide bonds. The van der Waals surface area contributed by atoms with Crippen LogP contribution < -0.4 is 16.4 Å². The number of carbonyl (C=O) groups excluding carboxylic acids is 2. The molecule has 0 aliphatic carbocycles. The van der Waals surface area contributed by atoms with Crippen molar-refractivity contribution >= 4 is 28.6 Å². The molecule has 0 fully saturated rings. The van der Waals surface area contributed by atoms with Gasteiger partial charge in [-0.2, -0.15) is 0 Å². The van der Waals surface area contributed by atoms with Gasteiger partial charge in [-0.25, -0.2) is 9.18 Å². The van der Waals surface area contributed by atoms with Gasteiger partial charge in [0, 0.05) is 17.8 Å². The Morgan fingerprint density at radius 2 is 1.77 bits per heavy atom. The van der Waals surface area contributed by atoms with E-state index in [4.69, 9.17) is 10.3 Å². The summed E-state index contributed by atoms with van der Waals surface area (Å²) in [6.45, 7) is 0.191. The first kappa shape index (κ1) is 19.1. The lowest BCUT2D eigenvalue weighted by Gasteiger charge is -2.11. The van der Waals surface area contributed by atoms with E-state index in [1.807, 2.05) is 24.3 Å². The highest BCUT2D eigenvalue weighted by Gasteiger charge is 2.19. The summed E-state index contributed by atoms with van der Waals surface area (Å²) in [6.07, 6.45) is 0. The molecule has 0 atom stereocenters. The lowest BCUT2D eigenvalue weighted by molar-refractivity contribution is 0.100. The average Bonchev–Trinajstić information content (AvgIpc) is 3.18. The van der Waals surface area contributed by atoms with Crippen LogP contribution >= 0.6 is 0 Å². The molecule has 3 aromatic carbocycles. The zero-order valence-electron chi connectivity index (χ0n) is 15.7. The summed E-state index contributed by atoms with van der Waals surface area (Å²) in [5.41, 5.74) is 8.66. The van der Waals surface area contributed by atoms with Gasteiger partial charge < -0.3 is 20.9 Å². The van der Waals surface area contributed by atoms with Gasteiger partial charge in [0.1, 0.15) is 11.5 Å². The van der Waals surface area contributed by atoms with E-state index < -0.39 is 11.9 Å². The van der Waals surface area contributed by atoms with Gasteiger partial charge in [-0.3, -0.25) is 4.79 Å². The van der Waals surface area contributed by atoms with Crippen molar-refractivity contribution in [3.05, 3.63) is 83.7 Å². The molecule has 4 aromatic rings. The van der Waals surface area contributed by atoms with Crippen LogP contribution in [-0.2, 0) is 6.54 Å². The molecule has 8 heteroatoms. The van der Waals surface area contributed by atoms with Crippen molar-refractivity contribution in [3.63, 3.8) is 0 Å². The van der Waals surface area contributed by atoms with Crippen LogP contribution in [0.25, 0.3) is 22.2 Å². The van der Waals surface area contributed by atoms with E-state index in [-0.39, 0.29) is 12.4 Å². The number of rotatable bonds is 5. The molecule has 0 saturated heterocycles. The quantitative estimate of drug-likeness (QED) is 0.466. The maximum Gasteiger partial charge on any atom is 0.319 e. The van der Waals surface area contributed by atoms with Gasteiger partial charge in [0.2, 0.25) is 5.91 Å². The van der Waals surface area contributed by atoms with E-state index in [0.717, 1.165) is 5.56 Å². The van der Waals surface area contributed by atoms with Crippen molar-refractivity contribution < 1.29 is 18.5 Å². The fraction of sp³-hybridized carbons (Fsp3) is 0.0455. The smallest absolute Gasteiger partial charge is 0.319 e. The number of carbonyl (C=O) groups is 2. The second-order valence-corrected chi connectivity index (χ2v) is 6.55. The lowest BCUT2D eigenvalue weighted by Crippen LogP contribution is -2.28. The average molecular weight is 404 g/mol. The predicted molar refractivity (Wildman–Crippen MR) is 110 cm³/mol. The molecule has 4 N–H and O–H groups in total. The predicted octanol–water partition coefficient (Wildman–Crippen LogP) is 4.05. The van der Waals surface area contributed by atoms with Crippen LogP contribution in [0.5, 0.6) is 0 Å². The minimum absolute atomic E-state index is 0.191. The zero-order chi connectivity index (χ0) is 21.1. The highest BCUT2D eigenvalue weighted by atomic mass is 19.1. The van der Waals surface area contributed by atoms with Crippen LogP contribution in [0.2, 0.25) is 0 Å². The molecular weight excluding hydrogens is 387 g/mol. The number of hydrogen-bond acceptors (Lipinski definition) is 4. The Morgan fingerprint density at radius 3 is 2.53 bits per heavy atom. The molecular formula is C22H17FN4O3. The van der Waals surface area contributed by atoms with E-state index >= 15 is 0 Å². The molecule has 1 aromatic heterocycles. The van der Waals surface area contributed by atoms with Crippen molar-refractivity contribution in [3.8, 4) is 11.3 Å². The van der Waals surface area contributed by atoms with Crippen LogP contribution in [0.3, 0.4) is 0 Å². The molecule has 7 nitrogen and oxygen atoms in total. The Labute approximate surface area is 170 Å². The number of primary amides is 1. The summed E-state index contributed by atoms with van der Waals surface area (Å²) in [5, 5.41) is 10.0. The van der Waals surface area contributed by atoms with E-state index in [1.165, 1.54) is 24.3 Å². The van der Waals surface area contributed by atoms with Crippen LogP contribution in [-0.4, -0.2) is 17.1 Å². The molecule has 4 rings (SSSR count). The van der Waals surface area contributed by atoms with Crippen LogP contribution in [0.15, 0.2) is 71.3 Å². The maximum atomic E-state index is 13.0. The largest absolute Gasteiger partial charge is 0.366 e. The first-order valence-electron chi connectivity index (χ1n) is 9.10. The Balaban J connectivity index is 1.59. The summed E-state index contributed by atoms with van der Waals surface area (Å²) in [5.74, 6) is -0.968. The summed E-state index contributed by atoms with van der Waals surface area (Å²) in [7, 11) is 0. The second kappa shape index (κ2) is 8.04. The number of benzene rings is 3. The number of hydrogen-bond donors (Lipinski definition) is 3. The van der Waals surface area contributed by atoms with Crippen molar-refractivity contribution in [1.82, 2.24) is 10.5 Å². The van der Waals surface area contributed by atoms with Crippen molar-refractivity contribution in [2.45, 2.75) is 6.54 Å². The molecule has 0 aliphatic heterocycles. The summed E-state index contributed by atoms with van der Waals surface area (Å²) >= 11 is 0. The minimum atomic E-state index is -0.584. The van der Waals surface area contributed by atoms with E-state index in [9.17, 15) is 14.0 Å².